The van der Waals surface area contributed by atoms with Gasteiger partial charge in [0.05, 0.1) is 0 Å². The van der Waals surface area contributed by atoms with Gasteiger partial charge in [0, 0.05) is 0 Å². The second-order valence-electron chi connectivity index (χ2n) is 7.86. The monoisotopic (exact) mass is 358 g/mol. The summed E-state index contributed by atoms with van der Waals surface area (Å²) in [5.74, 6) is 8.06. The molecule has 118 valence electrons. The van der Waals surface area contributed by atoms with E-state index in [1.165, 1.54) is 27.9 Å². The van der Waals surface area contributed by atoms with Crippen molar-refractivity contribution < 1.29 is 4.57 Å². The quantitative estimate of drug-likeness (QED) is 0.564. The fraction of sp³-hybridized carbons (Fsp3) is 0.450. The zero-order chi connectivity index (χ0) is 16.7. The second kappa shape index (κ2) is 6.19. The van der Waals surface area contributed by atoms with Gasteiger partial charge in [-0.1, -0.05) is 0 Å². The Kier molecular flexibility index (Phi) is 4.86. The van der Waals surface area contributed by atoms with Gasteiger partial charge in [-0.25, -0.2) is 0 Å². The Hall–Kier alpha value is -1.09. The van der Waals surface area contributed by atoms with Gasteiger partial charge in [0.15, 0.2) is 0 Å². The van der Waals surface area contributed by atoms with Crippen molar-refractivity contribution in [2.24, 2.45) is 7.05 Å². The van der Waals surface area contributed by atoms with E-state index in [4.69, 9.17) is 0 Å². The number of aromatic nitrogens is 1. The molecule has 0 aliphatic rings. The Balaban J connectivity index is 2.75. The molecule has 0 atom stereocenters. The van der Waals surface area contributed by atoms with Crippen LogP contribution in [0.3, 0.4) is 0 Å². The first-order valence-corrected chi connectivity index (χ1v) is 15.6. The summed E-state index contributed by atoms with van der Waals surface area (Å²) in [7, 11) is 2.18. The fourth-order valence-corrected chi connectivity index (χ4v) is 6.81. The molecule has 1 heterocycles. The van der Waals surface area contributed by atoms with Crippen LogP contribution in [0.25, 0.3) is 11.3 Å². The zero-order valence-corrected chi connectivity index (χ0v) is 17.5. The molecular formula is C20H30GeN+. The van der Waals surface area contributed by atoms with E-state index in [9.17, 15) is 0 Å². The standard InChI is InChI=1S/C20H30GeN/c1-14(2)18-13-22(8)20(12-19(18)21(5,6)7)17-11-15(3)9-10-16(17)4/h9-14H,1-8H3/q+1. The van der Waals surface area contributed by atoms with Gasteiger partial charge in [-0.3, -0.25) is 0 Å². The summed E-state index contributed by atoms with van der Waals surface area (Å²) in [5.41, 5.74) is 6.93. The number of pyridine rings is 1. The van der Waals surface area contributed by atoms with Crippen molar-refractivity contribution in [2.75, 3.05) is 0 Å². The molecule has 0 unspecified atom stereocenters. The molecule has 0 N–H and O–H groups in total. The van der Waals surface area contributed by atoms with Gasteiger partial charge in [0.1, 0.15) is 0 Å². The number of benzene rings is 1. The van der Waals surface area contributed by atoms with E-state index in [2.05, 4.69) is 87.0 Å². The van der Waals surface area contributed by atoms with E-state index in [1.54, 1.807) is 4.40 Å². The third kappa shape index (κ3) is 3.45. The molecule has 0 saturated carbocycles. The molecule has 0 spiro atoms. The van der Waals surface area contributed by atoms with Crippen LogP contribution in [-0.4, -0.2) is 13.3 Å². The number of hydrogen-bond acceptors (Lipinski definition) is 0. The van der Waals surface area contributed by atoms with Crippen LogP contribution in [0.5, 0.6) is 0 Å². The van der Waals surface area contributed by atoms with Crippen molar-refractivity contribution >= 4 is 17.7 Å². The van der Waals surface area contributed by atoms with E-state index in [1.807, 2.05) is 0 Å². The predicted octanol–water partition coefficient (Wildman–Crippen LogP) is 4.46. The molecule has 1 aromatic carbocycles. The van der Waals surface area contributed by atoms with E-state index >= 15 is 0 Å². The molecule has 0 bridgehead atoms. The zero-order valence-electron chi connectivity index (χ0n) is 15.4. The number of nitrogens with zero attached hydrogens (tertiary/aromatic N) is 1. The van der Waals surface area contributed by atoms with Crippen molar-refractivity contribution in [1.82, 2.24) is 0 Å². The van der Waals surface area contributed by atoms with Crippen molar-refractivity contribution in [3.8, 4) is 11.3 Å². The van der Waals surface area contributed by atoms with Gasteiger partial charge >= 0.3 is 139 Å². The Morgan fingerprint density at radius 1 is 1.00 bits per heavy atom. The third-order valence-electron chi connectivity index (χ3n) is 4.40. The molecule has 1 nitrogen and oxygen atoms in total. The molecule has 0 amide bonds. The maximum absolute atomic E-state index is 2.49. The first kappa shape index (κ1) is 17.3. The summed E-state index contributed by atoms with van der Waals surface area (Å²) in [6.07, 6.45) is 2.37. The fourth-order valence-electron chi connectivity index (χ4n) is 3.06. The molecule has 2 rings (SSSR count). The minimum absolute atomic E-state index is 0.582. The summed E-state index contributed by atoms with van der Waals surface area (Å²) in [4.78, 5) is 0. The van der Waals surface area contributed by atoms with E-state index < -0.39 is 13.3 Å². The molecule has 22 heavy (non-hydrogen) atoms. The Labute approximate surface area is 138 Å². The third-order valence-corrected chi connectivity index (χ3v) is 8.70. The van der Waals surface area contributed by atoms with Crippen LogP contribution >= 0.6 is 0 Å². The summed E-state index contributed by atoms with van der Waals surface area (Å²) in [5, 5.41) is 0. The molecule has 0 aliphatic carbocycles. The second-order valence-corrected chi connectivity index (χ2v) is 18.4. The summed E-state index contributed by atoms with van der Waals surface area (Å²) < 4.78 is 3.96. The average molecular weight is 357 g/mol. The van der Waals surface area contributed by atoms with Crippen LogP contribution < -0.4 is 8.96 Å². The first-order chi connectivity index (χ1) is 10.1. The van der Waals surface area contributed by atoms with Crippen molar-refractivity contribution in [3.63, 3.8) is 0 Å². The minimum atomic E-state index is -1.91. The molecule has 0 radical (unpaired) electrons. The van der Waals surface area contributed by atoms with Crippen LogP contribution in [0.15, 0.2) is 30.5 Å². The average Bonchev–Trinajstić information content (AvgIpc) is 2.40. The predicted molar refractivity (Wildman–Crippen MR) is 99.6 cm³/mol. The molecule has 1 aromatic heterocycles. The van der Waals surface area contributed by atoms with Gasteiger partial charge in [-0.05, 0) is 0 Å². The van der Waals surface area contributed by atoms with E-state index in [-0.39, 0.29) is 0 Å². The Bertz CT molecular complexity index is 694. The summed E-state index contributed by atoms with van der Waals surface area (Å²) in [6.45, 7) is 9.01. The molecule has 0 saturated heterocycles. The van der Waals surface area contributed by atoms with Crippen LogP contribution in [0.2, 0.25) is 17.3 Å². The van der Waals surface area contributed by atoms with Crippen molar-refractivity contribution in [1.29, 1.82) is 0 Å². The topological polar surface area (TPSA) is 3.88 Å². The van der Waals surface area contributed by atoms with Crippen LogP contribution in [0, 0.1) is 13.8 Å². The molecule has 0 aliphatic heterocycles. The van der Waals surface area contributed by atoms with Crippen LogP contribution in [-0.2, 0) is 7.05 Å². The number of hydrogen-bond donors (Lipinski definition) is 0. The number of rotatable bonds is 3. The summed E-state index contributed by atoms with van der Waals surface area (Å²) >= 11 is -1.91. The molecular weight excluding hydrogens is 327 g/mol. The molecule has 0 fully saturated rings. The van der Waals surface area contributed by atoms with Gasteiger partial charge in [-0.15, -0.1) is 0 Å². The Morgan fingerprint density at radius 3 is 2.18 bits per heavy atom. The van der Waals surface area contributed by atoms with Crippen LogP contribution in [0.1, 0.15) is 36.5 Å². The number of aryl methyl sites for hydroxylation is 3. The molecule has 2 aromatic rings. The molecule has 2 heteroatoms. The van der Waals surface area contributed by atoms with Gasteiger partial charge < -0.3 is 0 Å². The van der Waals surface area contributed by atoms with Crippen molar-refractivity contribution in [3.05, 3.63) is 47.2 Å². The van der Waals surface area contributed by atoms with Crippen LogP contribution in [0.4, 0.5) is 0 Å². The maximum atomic E-state index is 2.49. The van der Waals surface area contributed by atoms with Crippen molar-refractivity contribution in [2.45, 2.75) is 50.9 Å². The Morgan fingerprint density at radius 2 is 1.64 bits per heavy atom. The first-order valence-electron chi connectivity index (χ1n) is 8.23. The van der Waals surface area contributed by atoms with E-state index in [0.29, 0.717) is 5.92 Å². The summed E-state index contributed by atoms with van der Waals surface area (Å²) in [6, 6.07) is 9.24. The van der Waals surface area contributed by atoms with Gasteiger partial charge in [0.25, 0.3) is 0 Å². The van der Waals surface area contributed by atoms with E-state index in [0.717, 1.165) is 0 Å². The van der Waals surface area contributed by atoms with Gasteiger partial charge in [0.2, 0.25) is 0 Å². The van der Waals surface area contributed by atoms with Gasteiger partial charge in [-0.2, -0.15) is 0 Å². The normalized spacial score (nSPS) is 12.0. The SMILES string of the molecule is Cc1ccc(C)c(-c2c[c]([Ge]([CH3])([CH3])[CH3])c(C(C)C)c[n+]2C)c1.